The molecule has 1 aromatic carbocycles. The van der Waals surface area contributed by atoms with E-state index in [4.69, 9.17) is 15.2 Å². The van der Waals surface area contributed by atoms with Crippen molar-refractivity contribution in [3.05, 3.63) is 47.9 Å². The van der Waals surface area contributed by atoms with E-state index >= 15 is 0 Å². The van der Waals surface area contributed by atoms with Crippen LogP contribution in [0.2, 0.25) is 0 Å². The smallest absolute Gasteiger partial charge is 0.229 e. The molecule has 0 aromatic heterocycles. The van der Waals surface area contributed by atoms with Crippen molar-refractivity contribution < 1.29 is 9.47 Å². The highest BCUT2D eigenvalue weighted by Gasteiger charge is 2.15. The fourth-order valence-electron chi connectivity index (χ4n) is 1.42. The summed E-state index contributed by atoms with van der Waals surface area (Å²) in [7, 11) is 0. The summed E-state index contributed by atoms with van der Waals surface area (Å²) in [5, 5.41) is 0. The van der Waals surface area contributed by atoms with Crippen molar-refractivity contribution in [1.82, 2.24) is 0 Å². The van der Waals surface area contributed by atoms with Crippen LogP contribution in [0.5, 0.6) is 0 Å². The second-order valence-electron chi connectivity index (χ2n) is 3.25. The molecular formula is C11H13NO2. The fourth-order valence-corrected chi connectivity index (χ4v) is 1.42. The van der Waals surface area contributed by atoms with Gasteiger partial charge in [0.2, 0.25) is 6.79 Å². The summed E-state index contributed by atoms with van der Waals surface area (Å²) < 4.78 is 10.2. The van der Waals surface area contributed by atoms with E-state index < -0.39 is 0 Å². The van der Waals surface area contributed by atoms with Crippen LogP contribution in [0.3, 0.4) is 0 Å². The molecule has 0 bridgehead atoms. The molecule has 0 aliphatic carbocycles. The Morgan fingerprint density at radius 3 is 2.71 bits per heavy atom. The third kappa shape index (κ3) is 2.06. The van der Waals surface area contributed by atoms with E-state index in [9.17, 15) is 0 Å². The molecule has 3 heteroatoms. The van der Waals surface area contributed by atoms with Gasteiger partial charge in [0.05, 0.1) is 6.04 Å². The maximum atomic E-state index is 5.94. The molecule has 1 aliphatic heterocycles. The summed E-state index contributed by atoms with van der Waals surface area (Å²) in [6.45, 7) is 0.290. The molecule has 0 saturated heterocycles. The summed E-state index contributed by atoms with van der Waals surface area (Å²) in [5.41, 5.74) is 7.14. The van der Waals surface area contributed by atoms with Gasteiger partial charge in [0, 0.05) is 0 Å². The van der Waals surface area contributed by atoms with Gasteiger partial charge in [-0.1, -0.05) is 30.3 Å². The molecule has 0 radical (unpaired) electrons. The monoisotopic (exact) mass is 191 g/mol. The molecule has 1 aromatic rings. The minimum absolute atomic E-state index is 0.111. The highest BCUT2D eigenvalue weighted by molar-refractivity contribution is 5.18. The number of ether oxygens (including phenoxy) is 2. The van der Waals surface area contributed by atoms with Crippen LogP contribution in [0.25, 0.3) is 0 Å². The lowest BCUT2D eigenvalue weighted by atomic mass is 10.1. The SMILES string of the molecule is NC(Cc1ccccc1)C1=COCO1. The molecular weight excluding hydrogens is 178 g/mol. The zero-order valence-electron chi connectivity index (χ0n) is 7.85. The second kappa shape index (κ2) is 4.15. The van der Waals surface area contributed by atoms with Gasteiger partial charge in [-0.15, -0.1) is 0 Å². The molecule has 74 valence electrons. The Morgan fingerprint density at radius 1 is 1.29 bits per heavy atom. The Kier molecular flexibility index (Phi) is 2.70. The molecule has 0 spiro atoms. The summed E-state index contributed by atoms with van der Waals surface area (Å²) in [4.78, 5) is 0. The van der Waals surface area contributed by atoms with Crippen molar-refractivity contribution in [1.29, 1.82) is 0 Å². The lowest BCUT2D eigenvalue weighted by Crippen LogP contribution is -2.25. The lowest BCUT2D eigenvalue weighted by Gasteiger charge is -2.10. The summed E-state index contributed by atoms with van der Waals surface area (Å²) >= 11 is 0. The third-order valence-corrected chi connectivity index (χ3v) is 2.16. The van der Waals surface area contributed by atoms with Crippen LogP contribution in [0.1, 0.15) is 5.56 Å². The highest BCUT2D eigenvalue weighted by atomic mass is 16.7. The normalized spacial score (nSPS) is 16.8. The topological polar surface area (TPSA) is 44.5 Å². The molecule has 14 heavy (non-hydrogen) atoms. The standard InChI is InChI=1S/C11H13NO2/c12-10(11-7-13-8-14-11)6-9-4-2-1-3-5-9/h1-5,7,10H,6,8,12H2. The first-order valence-electron chi connectivity index (χ1n) is 4.60. The predicted octanol–water partition coefficient (Wildman–Crippen LogP) is 1.40. The summed E-state index contributed by atoms with van der Waals surface area (Å²) in [6, 6.07) is 9.99. The number of hydrogen-bond acceptors (Lipinski definition) is 3. The van der Waals surface area contributed by atoms with Gasteiger partial charge in [0.25, 0.3) is 0 Å². The van der Waals surface area contributed by atoms with Gasteiger partial charge in [-0.25, -0.2) is 0 Å². The maximum Gasteiger partial charge on any atom is 0.229 e. The van der Waals surface area contributed by atoms with E-state index in [1.807, 2.05) is 18.2 Å². The number of rotatable bonds is 3. The van der Waals surface area contributed by atoms with Crippen molar-refractivity contribution in [2.75, 3.05) is 6.79 Å². The maximum absolute atomic E-state index is 5.94. The number of hydrogen-bond donors (Lipinski definition) is 1. The predicted molar refractivity (Wildman–Crippen MR) is 53.2 cm³/mol. The van der Waals surface area contributed by atoms with Crippen molar-refractivity contribution in [3.8, 4) is 0 Å². The lowest BCUT2D eigenvalue weighted by molar-refractivity contribution is 0.0755. The minimum atomic E-state index is -0.111. The van der Waals surface area contributed by atoms with Crippen molar-refractivity contribution in [2.45, 2.75) is 12.5 Å². The molecule has 0 amide bonds. The third-order valence-electron chi connectivity index (χ3n) is 2.16. The zero-order valence-corrected chi connectivity index (χ0v) is 7.85. The molecule has 1 unspecified atom stereocenters. The fraction of sp³-hybridized carbons (Fsp3) is 0.273. The Labute approximate surface area is 83.1 Å². The Hall–Kier alpha value is -1.48. The number of benzene rings is 1. The van der Waals surface area contributed by atoms with Crippen LogP contribution in [-0.4, -0.2) is 12.8 Å². The largest absolute Gasteiger partial charge is 0.462 e. The molecule has 1 aliphatic rings. The highest BCUT2D eigenvalue weighted by Crippen LogP contribution is 2.13. The number of nitrogens with two attached hydrogens (primary N) is 1. The van der Waals surface area contributed by atoms with Crippen molar-refractivity contribution in [3.63, 3.8) is 0 Å². The van der Waals surface area contributed by atoms with Crippen LogP contribution in [-0.2, 0) is 15.9 Å². The Balaban J connectivity index is 1.97. The van der Waals surface area contributed by atoms with Gasteiger partial charge in [-0.2, -0.15) is 0 Å². The van der Waals surface area contributed by atoms with E-state index in [0.29, 0.717) is 0 Å². The average Bonchev–Trinajstić information content (AvgIpc) is 2.72. The van der Waals surface area contributed by atoms with Crippen molar-refractivity contribution >= 4 is 0 Å². The Morgan fingerprint density at radius 2 is 2.07 bits per heavy atom. The van der Waals surface area contributed by atoms with Crippen molar-refractivity contribution in [2.24, 2.45) is 5.73 Å². The van der Waals surface area contributed by atoms with Crippen LogP contribution < -0.4 is 5.73 Å². The zero-order chi connectivity index (χ0) is 9.80. The van der Waals surface area contributed by atoms with Gasteiger partial charge in [0.15, 0.2) is 5.76 Å². The molecule has 3 nitrogen and oxygen atoms in total. The van der Waals surface area contributed by atoms with Gasteiger partial charge in [-0.3, -0.25) is 0 Å². The molecule has 1 heterocycles. The molecule has 2 rings (SSSR count). The summed E-state index contributed by atoms with van der Waals surface area (Å²) in [5.74, 6) is 0.730. The van der Waals surface area contributed by atoms with E-state index in [1.165, 1.54) is 5.56 Å². The van der Waals surface area contributed by atoms with E-state index in [0.717, 1.165) is 12.2 Å². The van der Waals surface area contributed by atoms with E-state index in [1.54, 1.807) is 6.26 Å². The van der Waals surface area contributed by atoms with Crippen LogP contribution in [0.15, 0.2) is 42.4 Å². The molecule has 1 atom stereocenters. The summed E-state index contributed by atoms with van der Waals surface area (Å²) in [6.07, 6.45) is 2.36. The van der Waals surface area contributed by atoms with Crippen LogP contribution in [0.4, 0.5) is 0 Å². The van der Waals surface area contributed by atoms with Crippen LogP contribution >= 0.6 is 0 Å². The quantitative estimate of drug-likeness (QED) is 0.785. The first kappa shape index (κ1) is 9.09. The average molecular weight is 191 g/mol. The first-order chi connectivity index (χ1) is 6.86. The first-order valence-corrected chi connectivity index (χ1v) is 4.60. The van der Waals surface area contributed by atoms with Gasteiger partial charge < -0.3 is 15.2 Å². The molecule has 0 saturated carbocycles. The minimum Gasteiger partial charge on any atom is -0.462 e. The van der Waals surface area contributed by atoms with Gasteiger partial charge in [0.1, 0.15) is 6.26 Å². The molecule has 2 N–H and O–H groups in total. The Bertz CT molecular complexity index is 321. The van der Waals surface area contributed by atoms with Gasteiger partial charge in [-0.05, 0) is 12.0 Å². The van der Waals surface area contributed by atoms with E-state index in [2.05, 4.69) is 12.1 Å². The second-order valence-corrected chi connectivity index (χ2v) is 3.25. The van der Waals surface area contributed by atoms with Gasteiger partial charge >= 0.3 is 0 Å². The van der Waals surface area contributed by atoms with E-state index in [-0.39, 0.29) is 12.8 Å². The molecule has 0 fully saturated rings. The van der Waals surface area contributed by atoms with Crippen LogP contribution in [0, 0.1) is 0 Å².